The van der Waals surface area contributed by atoms with E-state index in [1.165, 1.54) is 51.4 Å². The molecule has 124 valence electrons. The highest BCUT2D eigenvalue weighted by molar-refractivity contribution is 5.18. The van der Waals surface area contributed by atoms with E-state index in [9.17, 15) is 5.11 Å². The molecule has 1 saturated heterocycles. The van der Waals surface area contributed by atoms with Crippen molar-refractivity contribution in [2.24, 2.45) is 34.0 Å². The van der Waals surface area contributed by atoms with E-state index < -0.39 is 5.60 Å². The van der Waals surface area contributed by atoms with Crippen molar-refractivity contribution in [2.75, 3.05) is 13.2 Å². The molecule has 0 aromatic carbocycles. The predicted molar refractivity (Wildman–Crippen MR) is 86.4 cm³/mol. The third kappa shape index (κ3) is 1.55. The predicted octanol–water partition coefficient (Wildman–Crippen LogP) is 4.16. The molecule has 1 aliphatic heterocycles. The van der Waals surface area contributed by atoms with Gasteiger partial charge in [-0.25, -0.2) is 0 Å². The van der Waals surface area contributed by atoms with Gasteiger partial charge in [0.2, 0.25) is 0 Å². The van der Waals surface area contributed by atoms with Crippen LogP contribution in [0.5, 0.6) is 0 Å². The molecule has 7 atom stereocenters. The zero-order valence-electron chi connectivity index (χ0n) is 14.4. The van der Waals surface area contributed by atoms with Crippen LogP contribution in [-0.4, -0.2) is 23.9 Å². The van der Waals surface area contributed by atoms with E-state index in [4.69, 9.17) is 4.74 Å². The Morgan fingerprint density at radius 2 is 1.82 bits per heavy atom. The zero-order valence-corrected chi connectivity index (χ0v) is 14.4. The number of ether oxygens (including phenoxy) is 1. The summed E-state index contributed by atoms with van der Waals surface area (Å²) < 4.78 is 6.24. The first-order valence-corrected chi connectivity index (χ1v) is 9.71. The lowest BCUT2D eigenvalue weighted by Crippen LogP contribution is -2.63. The Bertz CT molecular complexity index is 486. The van der Waals surface area contributed by atoms with Gasteiger partial charge in [0, 0.05) is 5.41 Å². The van der Waals surface area contributed by atoms with Gasteiger partial charge < -0.3 is 9.84 Å². The van der Waals surface area contributed by atoms with Crippen LogP contribution in [0.3, 0.4) is 0 Å². The van der Waals surface area contributed by atoms with E-state index in [0.717, 1.165) is 31.5 Å². The maximum absolute atomic E-state index is 10.9. The van der Waals surface area contributed by atoms with Crippen molar-refractivity contribution in [3.8, 4) is 0 Å². The Hall–Kier alpha value is -0.0800. The van der Waals surface area contributed by atoms with E-state index in [1.54, 1.807) is 0 Å². The molecule has 1 N–H and O–H groups in total. The van der Waals surface area contributed by atoms with E-state index in [1.807, 2.05) is 0 Å². The summed E-state index contributed by atoms with van der Waals surface area (Å²) in [7, 11) is 0. The number of aliphatic hydroxyl groups is 1. The van der Waals surface area contributed by atoms with Crippen molar-refractivity contribution in [3.63, 3.8) is 0 Å². The van der Waals surface area contributed by atoms with Gasteiger partial charge in [0.25, 0.3) is 0 Å². The Morgan fingerprint density at radius 1 is 0.955 bits per heavy atom. The van der Waals surface area contributed by atoms with Crippen LogP contribution >= 0.6 is 0 Å². The van der Waals surface area contributed by atoms with Crippen molar-refractivity contribution in [1.29, 1.82) is 0 Å². The first-order valence-electron chi connectivity index (χ1n) is 9.71. The average molecular weight is 304 g/mol. The van der Waals surface area contributed by atoms with Gasteiger partial charge in [-0.2, -0.15) is 0 Å². The normalized spacial score (nSPS) is 63.1. The highest BCUT2D eigenvalue weighted by Gasteiger charge is 2.69. The second kappa shape index (κ2) is 4.11. The molecular formula is C20H32O2. The van der Waals surface area contributed by atoms with Crippen LogP contribution in [0.25, 0.3) is 0 Å². The van der Waals surface area contributed by atoms with E-state index >= 15 is 0 Å². The number of fused-ring (bicyclic) bond motifs is 1. The molecule has 22 heavy (non-hydrogen) atoms. The standard InChI is InChI=1S/C20H32O2/c1-17-7-3-8-20(13-22-12-17)15(17)6-9-19-10-14(4-5-16(19)20)18(2,21)11-19/h14-16,21H,3-13H2,1-2H3/t14?,15-,16-,17+,18-,19?,20+/m1/s1. The van der Waals surface area contributed by atoms with Crippen LogP contribution in [0.2, 0.25) is 0 Å². The summed E-state index contributed by atoms with van der Waals surface area (Å²) >= 11 is 0. The molecule has 0 radical (unpaired) electrons. The van der Waals surface area contributed by atoms with E-state index in [2.05, 4.69) is 13.8 Å². The quantitative estimate of drug-likeness (QED) is 0.728. The Morgan fingerprint density at radius 3 is 2.68 bits per heavy atom. The molecule has 4 aliphatic carbocycles. The minimum Gasteiger partial charge on any atom is -0.390 e. The molecule has 2 heteroatoms. The fourth-order valence-corrected chi connectivity index (χ4v) is 8.52. The second-order valence-electron chi connectivity index (χ2n) is 10.3. The molecule has 4 saturated carbocycles. The van der Waals surface area contributed by atoms with Crippen LogP contribution < -0.4 is 0 Å². The fourth-order valence-electron chi connectivity index (χ4n) is 8.52. The number of hydrogen-bond acceptors (Lipinski definition) is 2. The molecule has 1 heterocycles. The number of hydrogen-bond donors (Lipinski definition) is 1. The van der Waals surface area contributed by atoms with E-state index in [-0.39, 0.29) is 0 Å². The van der Waals surface area contributed by atoms with Crippen LogP contribution in [0, 0.1) is 34.0 Å². The molecule has 2 unspecified atom stereocenters. The summed E-state index contributed by atoms with van der Waals surface area (Å²) in [4.78, 5) is 0. The van der Waals surface area contributed by atoms with Gasteiger partial charge in [0.05, 0.1) is 18.8 Å². The van der Waals surface area contributed by atoms with Gasteiger partial charge in [0.15, 0.2) is 0 Å². The summed E-state index contributed by atoms with van der Waals surface area (Å²) in [5.41, 5.74) is 0.943. The van der Waals surface area contributed by atoms with Crippen LogP contribution in [0.1, 0.15) is 71.6 Å². The van der Waals surface area contributed by atoms with Crippen molar-refractivity contribution in [2.45, 2.75) is 77.2 Å². The molecule has 0 aromatic rings. The summed E-state index contributed by atoms with van der Waals surface area (Å²) in [5.74, 6) is 2.28. The lowest BCUT2D eigenvalue weighted by molar-refractivity contribution is -0.238. The van der Waals surface area contributed by atoms with Crippen molar-refractivity contribution in [1.82, 2.24) is 0 Å². The van der Waals surface area contributed by atoms with Crippen LogP contribution in [0.15, 0.2) is 0 Å². The summed E-state index contributed by atoms with van der Waals surface area (Å²) in [6, 6.07) is 0. The van der Waals surface area contributed by atoms with Gasteiger partial charge in [-0.15, -0.1) is 0 Å². The molecule has 2 nitrogen and oxygen atoms in total. The minimum atomic E-state index is -0.397. The smallest absolute Gasteiger partial charge is 0.0653 e. The molecule has 0 amide bonds. The van der Waals surface area contributed by atoms with Crippen molar-refractivity contribution < 1.29 is 9.84 Å². The van der Waals surface area contributed by atoms with Gasteiger partial charge in [-0.3, -0.25) is 0 Å². The zero-order chi connectivity index (χ0) is 15.2. The van der Waals surface area contributed by atoms with Gasteiger partial charge in [-0.1, -0.05) is 13.3 Å². The topological polar surface area (TPSA) is 29.5 Å². The summed E-state index contributed by atoms with van der Waals surface area (Å²) in [6.07, 6.45) is 11.9. The monoisotopic (exact) mass is 304 g/mol. The number of rotatable bonds is 0. The van der Waals surface area contributed by atoms with Gasteiger partial charge in [-0.05, 0) is 86.9 Å². The van der Waals surface area contributed by atoms with Crippen molar-refractivity contribution in [3.05, 3.63) is 0 Å². The average Bonchev–Trinajstić information content (AvgIpc) is 2.62. The molecule has 5 aliphatic rings. The summed E-state index contributed by atoms with van der Waals surface area (Å²) in [6.45, 7) is 6.66. The largest absolute Gasteiger partial charge is 0.390 e. The van der Waals surface area contributed by atoms with Crippen LogP contribution in [0.4, 0.5) is 0 Å². The first-order chi connectivity index (χ1) is 10.4. The third-order valence-corrected chi connectivity index (χ3v) is 9.14. The maximum Gasteiger partial charge on any atom is 0.0653 e. The van der Waals surface area contributed by atoms with Crippen molar-refractivity contribution >= 4 is 0 Å². The molecule has 4 bridgehead atoms. The molecule has 5 rings (SSSR count). The third-order valence-electron chi connectivity index (χ3n) is 9.14. The highest BCUT2D eigenvalue weighted by Crippen LogP contribution is 2.73. The first kappa shape index (κ1) is 14.3. The van der Waals surface area contributed by atoms with E-state index in [0.29, 0.717) is 22.2 Å². The molecular weight excluding hydrogens is 272 g/mol. The fraction of sp³-hybridized carbons (Fsp3) is 1.00. The van der Waals surface area contributed by atoms with Gasteiger partial charge >= 0.3 is 0 Å². The highest BCUT2D eigenvalue weighted by atomic mass is 16.5. The second-order valence-corrected chi connectivity index (χ2v) is 10.3. The molecule has 1 spiro atoms. The Labute approximate surface area is 135 Å². The lowest BCUT2D eigenvalue weighted by atomic mass is 9.40. The SMILES string of the molecule is C[C@]12CCC[C@@]3(COC1)[C@@H]1CCC4CC1(CC[C@H]23)C[C@@]4(C)O. The summed E-state index contributed by atoms with van der Waals surface area (Å²) in [5, 5.41) is 10.9. The maximum atomic E-state index is 10.9. The lowest BCUT2D eigenvalue weighted by Gasteiger charge is -2.67. The molecule has 0 aromatic heterocycles. The van der Waals surface area contributed by atoms with Crippen LogP contribution in [-0.2, 0) is 4.74 Å². The molecule has 5 fully saturated rings. The Kier molecular flexibility index (Phi) is 2.67. The van der Waals surface area contributed by atoms with Gasteiger partial charge in [0.1, 0.15) is 0 Å². The Balaban J connectivity index is 1.59. The minimum absolute atomic E-state index is 0.397.